The lowest BCUT2D eigenvalue weighted by Crippen LogP contribution is -2.22. The second kappa shape index (κ2) is 9.88. The molecule has 4 rings (SSSR count). The summed E-state index contributed by atoms with van der Waals surface area (Å²) >= 11 is 0. The molecule has 0 aromatic heterocycles. The van der Waals surface area contributed by atoms with E-state index >= 15 is 0 Å². The van der Waals surface area contributed by atoms with E-state index in [1.807, 2.05) is 18.2 Å². The highest BCUT2D eigenvalue weighted by Crippen LogP contribution is 2.46. The van der Waals surface area contributed by atoms with E-state index in [0.717, 1.165) is 0 Å². The molecule has 0 saturated heterocycles. The predicted molar refractivity (Wildman–Crippen MR) is 123 cm³/mol. The minimum atomic E-state index is -0.577. The van der Waals surface area contributed by atoms with Crippen LogP contribution >= 0.6 is 0 Å². The smallest absolute Gasteiger partial charge is 0.349 e. The third kappa shape index (κ3) is 4.59. The van der Waals surface area contributed by atoms with Gasteiger partial charge in [-0.1, -0.05) is 24.3 Å². The van der Waals surface area contributed by atoms with Crippen LogP contribution in [0.3, 0.4) is 0 Å². The van der Waals surface area contributed by atoms with Crippen LogP contribution in [0.25, 0.3) is 0 Å². The molecule has 0 saturated carbocycles. The molecule has 8 heteroatoms. The molecular weight excluding hydrogens is 436 g/mol. The van der Waals surface area contributed by atoms with E-state index in [9.17, 15) is 10.1 Å². The number of ether oxygens (including phenoxy) is 5. The molecule has 0 radical (unpaired) electrons. The summed E-state index contributed by atoms with van der Waals surface area (Å²) in [5, 5.41) is 9.81. The van der Waals surface area contributed by atoms with E-state index in [-0.39, 0.29) is 23.8 Å². The Bertz CT molecular complexity index is 1280. The van der Waals surface area contributed by atoms with Gasteiger partial charge in [-0.25, -0.2) is 4.79 Å². The van der Waals surface area contributed by atoms with Gasteiger partial charge in [0.25, 0.3) is 0 Å². The fourth-order valence-corrected chi connectivity index (χ4v) is 3.70. The molecule has 3 aromatic rings. The van der Waals surface area contributed by atoms with Gasteiger partial charge in [-0.2, -0.15) is 5.26 Å². The third-order valence-electron chi connectivity index (χ3n) is 5.27. The number of hydrogen-bond donors (Lipinski definition) is 1. The molecule has 1 aliphatic heterocycles. The van der Waals surface area contributed by atoms with Crippen LogP contribution in [0.4, 0.5) is 0 Å². The Morgan fingerprint density at radius 1 is 0.971 bits per heavy atom. The maximum absolute atomic E-state index is 12.3. The van der Waals surface area contributed by atoms with Gasteiger partial charge in [-0.05, 0) is 36.4 Å². The first kappa shape index (κ1) is 22.6. The van der Waals surface area contributed by atoms with Gasteiger partial charge < -0.3 is 29.4 Å². The van der Waals surface area contributed by atoms with E-state index < -0.39 is 11.9 Å². The number of esters is 1. The molecule has 0 amide bonds. The Balaban J connectivity index is 1.63. The summed E-state index contributed by atoms with van der Waals surface area (Å²) in [7, 11) is 3.10. The summed E-state index contributed by atoms with van der Waals surface area (Å²) in [4.78, 5) is 12.3. The SMILES string of the molecule is COc1ccc(OC)c(C2C(C#N)=C(N)Oc3cc(OC(=O)COc4ccccc4)ccc32)c1. The number of nitriles is 1. The van der Waals surface area contributed by atoms with Crippen molar-refractivity contribution in [3.8, 4) is 34.8 Å². The lowest BCUT2D eigenvalue weighted by Gasteiger charge is -2.28. The second-order valence-corrected chi connectivity index (χ2v) is 7.31. The topological polar surface area (TPSA) is 113 Å². The molecule has 1 aliphatic rings. The minimum Gasteiger partial charge on any atom is -0.497 e. The number of carbonyl (C=O) groups is 1. The van der Waals surface area contributed by atoms with Crippen molar-refractivity contribution in [1.29, 1.82) is 5.26 Å². The normalized spacial score (nSPS) is 14.3. The van der Waals surface area contributed by atoms with Crippen molar-refractivity contribution in [1.82, 2.24) is 0 Å². The fourth-order valence-electron chi connectivity index (χ4n) is 3.70. The lowest BCUT2D eigenvalue weighted by molar-refractivity contribution is -0.136. The summed E-state index contributed by atoms with van der Waals surface area (Å²) in [6, 6.07) is 21.3. The monoisotopic (exact) mass is 458 g/mol. The van der Waals surface area contributed by atoms with Gasteiger partial charge in [0.1, 0.15) is 40.4 Å². The van der Waals surface area contributed by atoms with Crippen LogP contribution in [-0.4, -0.2) is 26.8 Å². The van der Waals surface area contributed by atoms with E-state index in [1.54, 1.807) is 62.8 Å². The number of carbonyl (C=O) groups excluding carboxylic acids is 1. The average molecular weight is 458 g/mol. The van der Waals surface area contributed by atoms with Gasteiger partial charge in [-0.15, -0.1) is 0 Å². The van der Waals surface area contributed by atoms with Crippen molar-refractivity contribution in [3.05, 3.63) is 89.3 Å². The predicted octanol–water partition coefficient (Wildman–Crippen LogP) is 3.91. The van der Waals surface area contributed by atoms with Crippen LogP contribution < -0.4 is 29.4 Å². The van der Waals surface area contributed by atoms with Crippen molar-refractivity contribution in [2.24, 2.45) is 5.73 Å². The van der Waals surface area contributed by atoms with Crippen molar-refractivity contribution in [2.75, 3.05) is 20.8 Å². The number of hydrogen-bond acceptors (Lipinski definition) is 8. The largest absolute Gasteiger partial charge is 0.497 e. The Hall–Kier alpha value is -4.64. The van der Waals surface area contributed by atoms with Gasteiger partial charge in [-0.3, -0.25) is 0 Å². The quantitative estimate of drug-likeness (QED) is 0.419. The summed E-state index contributed by atoms with van der Waals surface area (Å²) in [6.07, 6.45) is 0. The van der Waals surface area contributed by atoms with Crippen molar-refractivity contribution >= 4 is 5.97 Å². The van der Waals surface area contributed by atoms with Crippen LogP contribution in [0.1, 0.15) is 17.0 Å². The molecule has 172 valence electrons. The van der Waals surface area contributed by atoms with E-state index in [0.29, 0.717) is 34.1 Å². The summed E-state index contributed by atoms with van der Waals surface area (Å²) in [5.41, 5.74) is 7.68. The van der Waals surface area contributed by atoms with Crippen LogP contribution in [0.15, 0.2) is 78.2 Å². The fraction of sp³-hybridized carbons (Fsp3) is 0.154. The molecule has 2 N–H and O–H groups in total. The molecule has 34 heavy (non-hydrogen) atoms. The van der Waals surface area contributed by atoms with Crippen LogP contribution in [0.2, 0.25) is 0 Å². The van der Waals surface area contributed by atoms with E-state index in [2.05, 4.69) is 6.07 Å². The van der Waals surface area contributed by atoms with Gasteiger partial charge in [0.05, 0.1) is 20.1 Å². The number of nitrogens with zero attached hydrogens (tertiary/aromatic N) is 1. The first-order valence-corrected chi connectivity index (χ1v) is 10.4. The molecule has 8 nitrogen and oxygen atoms in total. The highest BCUT2D eigenvalue weighted by Gasteiger charge is 2.33. The zero-order chi connectivity index (χ0) is 24.1. The molecule has 0 bridgehead atoms. The third-order valence-corrected chi connectivity index (χ3v) is 5.27. The van der Waals surface area contributed by atoms with E-state index in [4.69, 9.17) is 29.4 Å². The molecule has 1 heterocycles. The molecule has 1 unspecified atom stereocenters. The average Bonchev–Trinajstić information content (AvgIpc) is 2.86. The highest BCUT2D eigenvalue weighted by molar-refractivity contribution is 5.74. The Labute approximate surface area is 196 Å². The van der Waals surface area contributed by atoms with E-state index in [1.165, 1.54) is 0 Å². The van der Waals surface area contributed by atoms with Crippen LogP contribution in [-0.2, 0) is 4.79 Å². The zero-order valence-electron chi connectivity index (χ0n) is 18.6. The number of methoxy groups -OCH3 is 2. The standard InChI is InChI=1S/C26H22N2O6/c1-30-17-9-11-22(31-2)20(12-17)25-19-10-8-18(13-23(19)34-26(28)21(25)14-27)33-24(29)15-32-16-6-4-3-5-7-16/h3-13,25H,15,28H2,1-2H3. The molecule has 3 aromatic carbocycles. The first-order chi connectivity index (χ1) is 16.5. The zero-order valence-corrected chi connectivity index (χ0v) is 18.6. The minimum absolute atomic E-state index is 0.0410. The Morgan fingerprint density at radius 3 is 2.44 bits per heavy atom. The molecule has 0 aliphatic carbocycles. The molecular formula is C26H22N2O6. The van der Waals surface area contributed by atoms with Gasteiger partial charge in [0, 0.05) is 17.2 Å². The molecule has 0 fully saturated rings. The van der Waals surface area contributed by atoms with Gasteiger partial charge in [0.2, 0.25) is 5.88 Å². The van der Waals surface area contributed by atoms with Gasteiger partial charge >= 0.3 is 5.97 Å². The number of rotatable bonds is 7. The summed E-state index contributed by atoms with van der Waals surface area (Å²) < 4.78 is 27.4. The second-order valence-electron chi connectivity index (χ2n) is 7.31. The maximum Gasteiger partial charge on any atom is 0.349 e. The number of allylic oxidation sites excluding steroid dienone is 1. The highest BCUT2D eigenvalue weighted by atomic mass is 16.6. The van der Waals surface area contributed by atoms with Crippen molar-refractivity contribution in [3.63, 3.8) is 0 Å². The lowest BCUT2D eigenvalue weighted by atomic mass is 9.83. The maximum atomic E-state index is 12.3. The molecule has 0 spiro atoms. The number of nitrogens with two attached hydrogens (primary N) is 1. The Morgan fingerprint density at radius 2 is 1.74 bits per heavy atom. The van der Waals surface area contributed by atoms with Crippen LogP contribution in [0, 0.1) is 11.3 Å². The summed E-state index contributed by atoms with van der Waals surface area (Å²) in [5.74, 6) is 1.16. The van der Waals surface area contributed by atoms with Crippen molar-refractivity contribution in [2.45, 2.75) is 5.92 Å². The van der Waals surface area contributed by atoms with Gasteiger partial charge in [0.15, 0.2) is 6.61 Å². The molecule has 1 atom stereocenters. The van der Waals surface area contributed by atoms with Crippen LogP contribution in [0.5, 0.6) is 28.7 Å². The number of para-hydroxylation sites is 1. The number of fused-ring (bicyclic) bond motifs is 1. The summed E-state index contributed by atoms with van der Waals surface area (Å²) in [6.45, 7) is -0.258. The Kier molecular flexibility index (Phi) is 6.55. The first-order valence-electron chi connectivity index (χ1n) is 10.4. The number of benzene rings is 3. The van der Waals surface area contributed by atoms with Crippen molar-refractivity contribution < 1.29 is 28.5 Å².